The van der Waals surface area contributed by atoms with Crippen LogP contribution in [0.25, 0.3) is 11.3 Å². The molecule has 1 amide bonds. The van der Waals surface area contributed by atoms with Crippen molar-refractivity contribution < 1.29 is 22.4 Å². The highest BCUT2D eigenvalue weighted by molar-refractivity contribution is 5.83. The highest BCUT2D eigenvalue weighted by Crippen LogP contribution is 2.45. The van der Waals surface area contributed by atoms with Crippen molar-refractivity contribution in [2.24, 2.45) is 11.8 Å². The molecule has 27 heavy (non-hydrogen) atoms. The molecule has 2 aromatic rings. The third-order valence-electron chi connectivity index (χ3n) is 4.88. The second kappa shape index (κ2) is 6.52. The molecule has 0 aromatic carbocycles. The molecule has 1 saturated carbocycles. The van der Waals surface area contributed by atoms with E-state index in [0.29, 0.717) is 11.8 Å². The van der Waals surface area contributed by atoms with Crippen molar-refractivity contribution in [3.63, 3.8) is 0 Å². The summed E-state index contributed by atoms with van der Waals surface area (Å²) in [6, 6.07) is 1.12. The fourth-order valence-electron chi connectivity index (χ4n) is 3.30. The molecule has 3 atom stereocenters. The van der Waals surface area contributed by atoms with Crippen LogP contribution >= 0.6 is 0 Å². The van der Waals surface area contributed by atoms with E-state index in [-0.39, 0.29) is 35.3 Å². The summed E-state index contributed by atoms with van der Waals surface area (Å²) in [6.07, 6.45) is -0.687. The first-order chi connectivity index (χ1) is 12.8. The Hall–Kier alpha value is -2.62. The van der Waals surface area contributed by atoms with Crippen LogP contribution in [0.2, 0.25) is 0 Å². The number of pyridine rings is 1. The van der Waals surface area contributed by atoms with Crippen LogP contribution in [0.5, 0.6) is 0 Å². The van der Waals surface area contributed by atoms with Crippen molar-refractivity contribution in [1.29, 1.82) is 0 Å². The number of rotatable bonds is 4. The molecule has 1 aliphatic carbocycles. The van der Waals surface area contributed by atoms with E-state index in [1.54, 1.807) is 0 Å². The number of fused-ring (bicyclic) bond motifs is 1. The van der Waals surface area contributed by atoms with Gasteiger partial charge in [-0.05, 0) is 30.9 Å². The predicted octanol–water partition coefficient (Wildman–Crippen LogP) is 1.92. The largest absolute Gasteiger partial charge is 0.451 e. The Balaban J connectivity index is 1.47. The smallest absolute Gasteiger partial charge is 0.351 e. The Morgan fingerprint density at radius 3 is 2.56 bits per heavy atom. The molecule has 0 bridgehead atoms. The molecule has 6 nitrogen and oxygen atoms in total. The average Bonchev–Trinajstić information content (AvgIpc) is 3.30. The van der Waals surface area contributed by atoms with E-state index in [0.717, 1.165) is 31.6 Å². The van der Waals surface area contributed by atoms with E-state index in [2.05, 4.69) is 25.6 Å². The fraction of sp³-hybridized carbons (Fsp3) is 0.412. The standard InChI is InChI=1S/C17H15F4N5O/c18-12-7-22-13(10-5-25-16(26-6-10)17(19,20)21)2-9(12)4-24-15(27)14-11-1-8(11)3-23-14/h2,5-8,11,14,23H,1,3-4H2,(H,24,27)/t8-,11-,14-/m0/s1. The number of hydrogen-bond donors (Lipinski definition) is 2. The number of alkyl halides is 3. The summed E-state index contributed by atoms with van der Waals surface area (Å²) in [5, 5.41) is 5.83. The van der Waals surface area contributed by atoms with Gasteiger partial charge in [0.25, 0.3) is 0 Å². The maximum atomic E-state index is 14.0. The van der Waals surface area contributed by atoms with Gasteiger partial charge in [-0.25, -0.2) is 14.4 Å². The number of carbonyl (C=O) groups is 1. The van der Waals surface area contributed by atoms with Gasteiger partial charge in [-0.15, -0.1) is 0 Å². The summed E-state index contributed by atoms with van der Waals surface area (Å²) < 4.78 is 51.6. The van der Waals surface area contributed by atoms with E-state index < -0.39 is 17.8 Å². The maximum Gasteiger partial charge on any atom is 0.451 e. The third-order valence-corrected chi connectivity index (χ3v) is 4.88. The van der Waals surface area contributed by atoms with Crippen LogP contribution in [0.4, 0.5) is 17.6 Å². The molecule has 0 spiro atoms. The monoisotopic (exact) mass is 381 g/mol. The van der Waals surface area contributed by atoms with Gasteiger partial charge in [0, 0.05) is 30.1 Å². The maximum absolute atomic E-state index is 14.0. The van der Waals surface area contributed by atoms with Crippen LogP contribution in [0.1, 0.15) is 17.8 Å². The van der Waals surface area contributed by atoms with Gasteiger partial charge in [0.05, 0.1) is 17.9 Å². The second-order valence-electron chi connectivity index (χ2n) is 6.72. The highest BCUT2D eigenvalue weighted by Gasteiger charge is 2.50. The van der Waals surface area contributed by atoms with Gasteiger partial charge in [0.1, 0.15) is 5.82 Å². The lowest BCUT2D eigenvalue weighted by Gasteiger charge is -2.14. The van der Waals surface area contributed by atoms with Crippen molar-refractivity contribution >= 4 is 5.91 Å². The molecule has 10 heteroatoms. The average molecular weight is 381 g/mol. The van der Waals surface area contributed by atoms with E-state index in [1.807, 2.05) is 0 Å². The Bertz CT molecular complexity index is 871. The number of nitrogens with zero attached hydrogens (tertiary/aromatic N) is 3. The number of nitrogens with one attached hydrogen (secondary N) is 2. The van der Waals surface area contributed by atoms with Crippen molar-refractivity contribution in [2.45, 2.75) is 25.2 Å². The van der Waals surface area contributed by atoms with Crippen LogP contribution in [0.3, 0.4) is 0 Å². The number of hydrogen-bond acceptors (Lipinski definition) is 5. The van der Waals surface area contributed by atoms with Gasteiger partial charge in [0.15, 0.2) is 0 Å². The van der Waals surface area contributed by atoms with Gasteiger partial charge in [-0.2, -0.15) is 13.2 Å². The van der Waals surface area contributed by atoms with Gasteiger partial charge in [-0.1, -0.05) is 0 Å². The van der Waals surface area contributed by atoms with E-state index in [1.165, 1.54) is 6.07 Å². The fourth-order valence-corrected chi connectivity index (χ4v) is 3.30. The molecular formula is C17H15F4N5O. The number of piperidine rings is 1. The first kappa shape index (κ1) is 17.8. The number of aromatic nitrogens is 3. The zero-order chi connectivity index (χ0) is 19.2. The van der Waals surface area contributed by atoms with Gasteiger partial charge >= 0.3 is 6.18 Å². The van der Waals surface area contributed by atoms with Crippen LogP contribution in [0, 0.1) is 17.7 Å². The van der Waals surface area contributed by atoms with Crippen molar-refractivity contribution in [1.82, 2.24) is 25.6 Å². The van der Waals surface area contributed by atoms with Crippen LogP contribution in [-0.4, -0.2) is 33.4 Å². The number of halogens is 4. The molecule has 1 aliphatic heterocycles. The van der Waals surface area contributed by atoms with E-state index >= 15 is 0 Å². The van der Waals surface area contributed by atoms with Gasteiger partial charge in [-0.3, -0.25) is 9.78 Å². The summed E-state index contributed by atoms with van der Waals surface area (Å²) in [5.41, 5.74) is 0.614. The normalized spacial score (nSPS) is 23.8. The molecule has 2 N–H and O–H groups in total. The molecule has 2 fully saturated rings. The summed E-state index contributed by atoms with van der Waals surface area (Å²) >= 11 is 0. The van der Waals surface area contributed by atoms with Crippen LogP contribution in [-0.2, 0) is 17.5 Å². The second-order valence-corrected chi connectivity index (χ2v) is 6.72. The van der Waals surface area contributed by atoms with Crippen LogP contribution in [0.15, 0.2) is 24.7 Å². The van der Waals surface area contributed by atoms with Crippen LogP contribution < -0.4 is 10.6 Å². The number of carbonyl (C=O) groups excluding carboxylic acids is 1. The Morgan fingerprint density at radius 2 is 1.96 bits per heavy atom. The Labute approximate surface area is 151 Å². The first-order valence-corrected chi connectivity index (χ1v) is 8.38. The molecule has 0 unspecified atom stereocenters. The lowest BCUT2D eigenvalue weighted by atomic mass is 10.1. The summed E-state index contributed by atoms with van der Waals surface area (Å²) in [7, 11) is 0. The first-order valence-electron chi connectivity index (χ1n) is 8.38. The number of amides is 1. The lowest BCUT2D eigenvalue weighted by Crippen LogP contribution is -2.42. The summed E-state index contributed by atoms with van der Waals surface area (Å²) in [6.45, 7) is 0.779. The third kappa shape index (κ3) is 3.61. The molecule has 142 valence electrons. The summed E-state index contributed by atoms with van der Waals surface area (Å²) in [5.74, 6) is -1.15. The SMILES string of the molecule is O=C(NCc1cc(-c2cnc(C(F)(F)F)nc2)ncc1F)[C@H]1NC[C@@H]2C[C@@H]21. The van der Waals surface area contributed by atoms with Crippen molar-refractivity contribution in [3.05, 3.63) is 41.9 Å². The Morgan fingerprint density at radius 1 is 1.22 bits per heavy atom. The summed E-state index contributed by atoms with van der Waals surface area (Å²) in [4.78, 5) is 22.6. The lowest BCUT2D eigenvalue weighted by molar-refractivity contribution is -0.145. The minimum absolute atomic E-state index is 0.0444. The van der Waals surface area contributed by atoms with Crippen molar-refractivity contribution in [2.75, 3.05) is 6.54 Å². The minimum atomic E-state index is -4.64. The molecule has 0 radical (unpaired) electrons. The Kier molecular flexibility index (Phi) is 4.29. The highest BCUT2D eigenvalue weighted by atomic mass is 19.4. The van der Waals surface area contributed by atoms with E-state index in [9.17, 15) is 22.4 Å². The molecular weight excluding hydrogens is 366 g/mol. The van der Waals surface area contributed by atoms with E-state index in [4.69, 9.17) is 0 Å². The molecule has 2 aromatic heterocycles. The molecule has 2 aliphatic rings. The zero-order valence-electron chi connectivity index (χ0n) is 13.9. The van der Waals surface area contributed by atoms with Gasteiger partial charge in [0.2, 0.25) is 11.7 Å². The van der Waals surface area contributed by atoms with Crippen molar-refractivity contribution in [3.8, 4) is 11.3 Å². The molecule has 1 saturated heterocycles. The van der Waals surface area contributed by atoms with Gasteiger partial charge < -0.3 is 10.6 Å². The molecule has 3 heterocycles. The molecule has 4 rings (SSSR count). The minimum Gasteiger partial charge on any atom is -0.351 e. The predicted molar refractivity (Wildman–Crippen MR) is 85.5 cm³/mol. The quantitative estimate of drug-likeness (QED) is 0.791. The topological polar surface area (TPSA) is 79.8 Å². The zero-order valence-corrected chi connectivity index (χ0v) is 13.9.